The summed E-state index contributed by atoms with van der Waals surface area (Å²) in [7, 11) is 1.65. The van der Waals surface area contributed by atoms with Crippen LogP contribution in [0.15, 0.2) is 18.2 Å². The molecule has 1 spiro atoms. The molecule has 0 aromatic heterocycles. The minimum atomic E-state index is -0.427. The van der Waals surface area contributed by atoms with Crippen LogP contribution in [0.2, 0.25) is 0 Å². The molecule has 4 nitrogen and oxygen atoms in total. The summed E-state index contributed by atoms with van der Waals surface area (Å²) in [6, 6.07) is 6.47. The molecule has 1 unspecified atom stereocenters. The molecular formula is C16H21NO3. The van der Waals surface area contributed by atoms with E-state index < -0.39 is 6.10 Å². The highest BCUT2D eigenvalue weighted by molar-refractivity contribution is 5.44. The van der Waals surface area contributed by atoms with Gasteiger partial charge in [0, 0.05) is 43.6 Å². The molecule has 2 heterocycles. The Hall–Kier alpha value is -1.26. The molecule has 3 aliphatic rings. The topological polar surface area (TPSA) is 41.9 Å². The number of fused-ring (bicyclic) bond motifs is 1. The van der Waals surface area contributed by atoms with E-state index in [0.29, 0.717) is 6.42 Å². The van der Waals surface area contributed by atoms with Crippen LogP contribution in [0.4, 0.5) is 0 Å². The fraction of sp³-hybridized carbons (Fsp3) is 0.625. The van der Waals surface area contributed by atoms with E-state index >= 15 is 0 Å². The molecule has 1 saturated carbocycles. The predicted molar refractivity (Wildman–Crippen MR) is 75.1 cm³/mol. The first kappa shape index (κ1) is 12.5. The molecule has 108 valence electrons. The largest absolute Gasteiger partial charge is 0.497 e. The van der Waals surface area contributed by atoms with Crippen LogP contribution >= 0.6 is 0 Å². The minimum absolute atomic E-state index is 0.207. The lowest BCUT2D eigenvalue weighted by Crippen LogP contribution is -2.44. The molecule has 2 aliphatic heterocycles. The smallest absolute Gasteiger partial charge is 0.129 e. The molecule has 20 heavy (non-hydrogen) atoms. The van der Waals surface area contributed by atoms with Gasteiger partial charge in [-0.05, 0) is 25.0 Å². The highest BCUT2D eigenvalue weighted by Crippen LogP contribution is 2.46. The second kappa shape index (κ2) is 4.37. The zero-order valence-corrected chi connectivity index (χ0v) is 11.8. The highest BCUT2D eigenvalue weighted by atomic mass is 16.5. The zero-order chi connectivity index (χ0) is 13.7. The summed E-state index contributed by atoms with van der Waals surface area (Å²) in [6.45, 7) is 2.04. The van der Waals surface area contributed by atoms with Gasteiger partial charge in [0.1, 0.15) is 17.1 Å². The Labute approximate surface area is 119 Å². The Morgan fingerprint density at radius 2 is 2.25 bits per heavy atom. The van der Waals surface area contributed by atoms with E-state index in [-0.39, 0.29) is 5.60 Å². The molecule has 1 aromatic rings. The molecule has 2 fully saturated rings. The lowest BCUT2D eigenvalue weighted by Gasteiger charge is -2.38. The van der Waals surface area contributed by atoms with Gasteiger partial charge >= 0.3 is 0 Å². The second-order valence-electron chi connectivity index (χ2n) is 6.36. The third kappa shape index (κ3) is 1.98. The van der Waals surface area contributed by atoms with Gasteiger partial charge in [0.2, 0.25) is 0 Å². The Bertz CT molecular complexity index is 528. The van der Waals surface area contributed by atoms with Crippen LogP contribution in [0.3, 0.4) is 0 Å². The molecular weight excluding hydrogens is 254 g/mol. The molecule has 1 aromatic carbocycles. The maximum Gasteiger partial charge on any atom is 0.129 e. The van der Waals surface area contributed by atoms with E-state index in [4.69, 9.17) is 9.47 Å². The van der Waals surface area contributed by atoms with Gasteiger partial charge in [-0.3, -0.25) is 4.90 Å². The van der Waals surface area contributed by atoms with Gasteiger partial charge < -0.3 is 14.6 Å². The number of ether oxygens (including phenoxy) is 2. The third-order valence-corrected chi connectivity index (χ3v) is 4.88. The maximum absolute atomic E-state index is 10.5. The maximum atomic E-state index is 10.5. The normalized spacial score (nSPS) is 33.0. The fourth-order valence-corrected chi connectivity index (χ4v) is 3.62. The van der Waals surface area contributed by atoms with Gasteiger partial charge in [-0.15, -0.1) is 0 Å². The van der Waals surface area contributed by atoms with Crippen molar-refractivity contribution in [1.82, 2.24) is 4.90 Å². The standard InChI is InChI=1S/C16H21NO3/c1-19-12-4-5-13-14(18)9-16(20-15(13)8-12)6-7-17(10-16)11-2-3-11/h4-5,8,11,14,18H,2-3,6-7,9-10H2,1H3/t14-,16?/m0/s1. The molecule has 1 N–H and O–H groups in total. The number of rotatable bonds is 2. The van der Waals surface area contributed by atoms with E-state index in [1.807, 2.05) is 18.2 Å². The van der Waals surface area contributed by atoms with E-state index in [1.165, 1.54) is 12.8 Å². The van der Waals surface area contributed by atoms with Crippen molar-refractivity contribution in [3.8, 4) is 11.5 Å². The Morgan fingerprint density at radius 3 is 3.00 bits per heavy atom. The number of hydrogen-bond donors (Lipinski definition) is 1. The quantitative estimate of drug-likeness (QED) is 0.897. The SMILES string of the molecule is COc1ccc2c(c1)OC1(CCN(C3CC3)C1)C[C@@H]2O. The number of aliphatic hydroxyl groups is 1. The number of methoxy groups -OCH3 is 1. The monoisotopic (exact) mass is 275 g/mol. The van der Waals surface area contributed by atoms with Crippen LogP contribution in [-0.2, 0) is 0 Å². The summed E-state index contributed by atoms with van der Waals surface area (Å²) in [4.78, 5) is 2.53. The number of aliphatic hydroxyl groups excluding tert-OH is 1. The molecule has 0 amide bonds. The van der Waals surface area contributed by atoms with Gasteiger partial charge in [-0.2, -0.15) is 0 Å². The minimum Gasteiger partial charge on any atom is -0.497 e. The number of hydrogen-bond acceptors (Lipinski definition) is 4. The molecule has 0 radical (unpaired) electrons. The average molecular weight is 275 g/mol. The van der Waals surface area contributed by atoms with Gasteiger partial charge in [-0.1, -0.05) is 0 Å². The zero-order valence-electron chi connectivity index (χ0n) is 11.8. The number of nitrogens with zero attached hydrogens (tertiary/aromatic N) is 1. The van der Waals surface area contributed by atoms with E-state index in [0.717, 1.165) is 42.6 Å². The van der Waals surface area contributed by atoms with E-state index in [2.05, 4.69) is 4.90 Å². The van der Waals surface area contributed by atoms with Crippen molar-refractivity contribution >= 4 is 0 Å². The van der Waals surface area contributed by atoms with Crippen molar-refractivity contribution in [2.45, 2.75) is 43.4 Å². The average Bonchev–Trinajstić information content (AvgIpc) is 3.22. The van der Waals surface area contributed by atoms with Gasteiger partial charge in [0.05, 0.1) is 13.2 Å². The first-order valence-electron chi connectivity index (χ1n) is 7.48. The summed E-state index contributed by atoms with van der Waals surface area (Å²) in [6.07, 6.45) is 3.93. The first-order valence-corrected chi connectivity index (χ1v) is 7.48. The van der Waals surface area contributed by atoms with Gasteiger partial charge in [0.25, 0.3) is 0 Å². The Balaban J connectivity index is 1.62. The molecule has 4 heteroatoms. The molecule has 0 bridgehead atoms. The number of benzene rings is 1. The van der Waals surface area contributed by atoms with Crippen LogP contribution in [-0.4, -0.2) is 41.8 Å². The fourth-order valence-electron chi connectivity index (χ4n) is 3.62. The third-order valence-electron chi connectivity index (χ3n) is 4.88. The lowest BCUT2D eigenvalue weighted by atomic mass is 9.88. The number of likely N-dealkylation sites (tertiary alicyclic amines) is 1. The Kier molecular flexibility index (Phi) is 2.72. The van der Waals surface area contributed by atoms with Crippen molar-refractivity contribution in [2.75, 3.05) is 20.2 Å². The van der Waals surface area contributed by atoms with Crippen molar-refractivity contribution in [1.29, 1.82) is 0 Å². The van der Waals surface area contributed by atoms with Crippen molar-refractivity contribution in [3.05, 3.63) is 23.8 Å². The summed E-state index contributed by atoms with van der Waals surface area (Å²) >= 11 is 0. The van der Waals surface area contributed by atoms with Crippen molar-refractivity contribution < 1.29 is 14.6 Å². The van der Waals surface area contributed by atoms with Crippen LogP contribution in [0, 0.1) is 0 Å². The molecule has 2 atom stereocenters. The van der Waals surface area contributed by atoms with E-state index in [1.54, 1.807) is 7.11 Å². The van der Waals surface area contributed by atoms with Crippen LogP contribution in [0.25, 0.3) is 0 Å². The van der Waals surface area contributed by atoms with Gasteiger partial charge in [-0.25, -0.2) is 0 Å². The Morgan fingerprint density at radius 1 is 1.40 bits per heavy atom. The first-order chi connectivity index (χ1) is 9.69. The van der Waals surface area contributed by atoms with Gasteiger partial charge in [0.15, 0.2) is 0 Å². The lowest BCUT2D eigenvalue weighted by molar-refractivity contribution is -0.00778. The van der Waals surface area contributed by atoms with Crippen molar-refractivity contribution in [2.24, 2.45) is 0 Å². The summed E-state index contributed by atoms with van der Waals surface area (Å²) in [5.41, 5.74) is 0.683. The van der Waals surface area contributed by atoms with Crippen LogP contribution in [0.1, 0.15) is 37.4 Å². The summed E-state index contributed by atoms with van der Waals surface area (Å²) < 4.78 is 11.6. The van der Waals surface area contributed by atoms with E-state index in [9.17, 15) is 5.11 Å². The van der Waals surface area contributed by atoms with Crippen LogP contribution < -0.4 is 9.47 Å². The highest BCUT2D eigenvalue weighted by Gasteiger charge is 2.48. The predicted octanol–water partition coefficient (Wildman–Crippen LogP) is 2.12. The molecule has 1 saturated heterocycles. The second-order valence-corrected chi connectivity index (χ2v) is 6.36. The summed E-state index contributed by atoms with van der Waals surface area (Å²) in [5.74, 6) is 1.57. The molecule has 4 rings (SSSR count). The summed E-state index contributed by atoms with van der Waals surface area (Å²) in [5, 5.41) is 10.5. The molecule has 1 aliphatic carbocycles. The van der Waals surface area contributed by atoms with Crippen LogP contribution in [0.5, 0.6) is 11.5 Å². The van der Waals surface area contributed by atoms with Crippen molar-refractivity contribution in [3.63, 3.8) is 0 Å².